The first-order chi connectivity index (χ1) is 20.3. The zero-order valence-electron chi connectivity index (χ0n) is 28.3. The first kappa shape index (κ1) is 36.3. The number of aryl methyl sites for hydroxylation is 2. The second-order valence-electron chi connectivity index (χ2n) is 13.8. The molecule has 0 aliphatic rings. The molecule has 2 aromatic rings. The molecule has 9 nitrogen and oxygen atoms in total. The van der Waals surface area contributed by atoms with Crippen LogP contribution in [-0.2, 0) is 30.3 Å². The van der Waals surface area contributed by atoms with Crippen molar-refractivity contribution in [3.05, 3.63) is 70.8 Å². The Hall–Kier alpha value is -3.88. The SMILES string of the molecule is CCC(C)(C)N(C(=O)CNC(=O)OC(C)(C)C)C(C(=O)NC(Cc1ccccc1)C(=O)OC(C)(C)C)c1c(C)cccc1C. The highest BCUT2D eigenvalue weighted by molar-refractivity contribution is 5.93. The van der Waals surface area contributed by atoms with Crippen molar-refractivity contribution in [2.75, 3.05) is 6.54 Å². The van der Waals surface area contributed by atoms with Crippen LogP contribution in [0.3, 0.4) is 0 Å². The van der Waals surface area contributed by atoms with Gasteiger partial charge in [0.25, 0.3) is 0 Å². The summed E-state index contributed by atoms with van der Waals surface area (Å²) in [4.78, 5) is 56.0. The summed E-state index contributed by atoms with van der Waals surface area (Å²) in [6, 6.07) is 12.9. The molecule has 2 rings (SSSR count). The Morgan fingerprint density at radius 2 is 1.34 bits per heavy atom. The lowest BCUT2D eigenvalue weighted by Gasteiger charge is -2.44. The van der Waals surface area contributed by atoms with Crippen LogP contribution in [0.5, 0.6) is 0 Å². The molecular weight excluding hydrogens is 558 g/mol. The Kier molecular flexibility index (Phi) is 12.2. The van der Waals surface area contributed by atoms with Gasteiger partial charge in [-0.2, -0.15) is 0 Å². The van der Waals surface area contributed by atoms with Crippen LogP contribution in [0.1, 0.15) is 97.0 Å². The molecule has 0 saturated carbocycles. The summed E-state index contributed by atoms with van der Waals surface area (Å²) in [5.41, 5.74) is 0.784. The van der Waals surface area contributed by atoms with Gasteiger partial charge in [-0.05, 0) is 97.9 Å². The van der Waals surface area contributed by atoms with E-state index < -0.39 is 52.7 Å². The van der Waals surface area contributed by atoms with Gasteiger partial charge in [-0.25, -0.2) is 9.59 Å². The third-order valence-electron chi connectivity index (χ3n) is 7.18. The van der Waals surface area contributed by atoms with Crippen molar-refractivity contribution in [2.24, 2.45) is 0 Å². The molecule has 2 aromatic carbocycles. The van der Waals surface area contributed by atoms with Crippen molar-refractivity contribution in [1.29, 1.82) is 0 Å². The second kappa shape index (κ2) is 14.7. The van der Waals surface area contributed by atoms with Crippen LogP contribution in [0, 0.1) is 13.8 Å². The molecule has 0 fully saturated rings. The first-order valence-corrected chi connectivity index (χ1v) is 15.2. The fourth-order valence-corrected chi connectivity index (χ4v) is 4.85. The molecule has 9 heteroatoms. The summed E-state index contributed by atoms with van der Waals surface area (Å²) >= 11 is 0. The number of carbonyl (C=O) groups excluding carboxylic acids is 4. The molecule has 242 valence electrons. The van der Waals surface area contributed by atoms with Crippen molar-refractivity contribution in [3.8, 4) is 0 Å². The van der Waals surface area contributed by atoms with Crippen molar-refractivity contribution in [2.45, 2.75) is 118 Å². The van der Waals surface area contributed by atoms with Crippen LogP contribution in [0.25, 0.3) is 0 Å². The standard InChI is InChI=1S/C35H51N3O6/c1-12-35(10,11)38(27(39)22-36-32(42)44-34(7,8)9)29(28-23(2)17-16-18-24(28)3)30(40)37-26(31(41)43-33(4,5)6)21-25-19-14-13-15-20-25/h13-20,26,29H,12,21-22H2,1-11H3,(H,36,42)(H,37,40). The van der Waals surface area contributed by atoms with E-state index in [1.807, 2.05) is 83.1 Å². The Morgan fingerprint density at radius 1 is 0.795 bits per heavy atom. The lowest BCUT2D eigenvalue weighted by atomic mass is 9.88. The molecule has 0 aliphatic heterocycles. The molecule has 0 aliphatic carbocycles. The van der Waals surface area contributed by atoms with Gasteiger partial charge in [0.1, 0.15) is 29.8 Å². The average molecular weight is 610 g/mol. The van der Waals surface area contributed by atoms with Crippen molar-refractivity contribution in [3.63, 3.8) is 0 Å². The average Bonchev–Trinajstić information content (AvgIpc) is 2.89. The summed E-state index contributed by atoms with van der Waals surface area (Å²) < 4.78 is 11.0. The fraction of sp³-hybridized carbons (Fsp3) is 0.543. The minimum absolute atomic E-state index is 0.201. The number of ether oxygens (including phenoxy) is 2. The molecule has 0 bridgehead atoms. The van der Waals surface area contributed by atoms with E-state index in [9.17, 15) is 19.2 Å². The maximum atomic E-state index is 14.5. The van der Waals surface area contributed by atoms with E-state index in [2.05, 4.69) is 10.6 Å². The molecule has 0 saturated heterocycles. The van der Waals surface area contributed by atoms with Crippen LogP contribution >= 0.6 is 0 Å². The number of nitrogens with zero attached hydrogens (tertiary/aromatic N) is 1. The van der Waals surface area contributed by atoms with Gasteiger partial charge in [0, 0.05) is 12.0 Å². The minimum Gasteiger partial charge on any atom is -0.458 e. The molecule has 2 N–H and O–H groups in total. The lowest BCUT2D eigenvalue weighted by Crippen LogP contribution is -2.58. The molecule has 2 atom stereocenters. The zero-order valence-corrected chi connectivity index (χ0v) is 28.3. The maximum Gasteiger partial charge on any atom is 0.408 e. The van der Waals surface area contributed by atoms with Gasteiger partial charge in [0.2, 0.25) is 11.8 Å². The van der Waals surface area contributed by atoms with Gasteiger partial charge < -0.3 is 25.0 Å². The number of carbonyl (C=O) groups is 4. The van der Waals surface area contributed by atoms with Crippen LogP contribution in [0.15, 0.2) is 48.5 Å². The van der Waals surface area contributed by atoms with Crippen LogP contribution in [-0.4, -0.2) is 58.1 Å². The van der Waals surface area contributed by atoms with Crippen molar-refractivity contribution >= 4 is 23.9 Å². The topological polar surface area (TPSA) is 114 Å². The van der Waals surface area contributed by atoms with Gasteiger partial charge in [-0.15, -0.1) is 0 Å². The van der Waals surface area contributed by atoms with Crippen molar-refractivity contribution in [1.82, 2.24) is 15.5 Å². The van der Waals surface area contributed by atoms with E-state index in [1.54, 1.807) is 41.5 Å². The van der Waals surface area contributed by atoms with E-state index in [-0.39, 0.29) is 13.0 Å². The molecule has 0 aromatic heterocycles. The van der Waals surface area contributed by atoms with E-state index in [0.29, 0.717) is 12.0 Å². The number of amides is 3. The summed E-state index contributed by atoms with van der Waals surface area (Å²) in [6.07, 6.45) is -0.0212. The van der Waals surface area contributed by atoms with Gasteiger partial charge in [-0.3, -0.25) is 9.59 Å². The number of hydrogen-bond acceptors (Lipinski definition) is 6. The fourth-order valence-electron chi connectivity index (χ4n) is 4.85. The minimum atomic E-state index is -1.11. The number of benzene rings is 2. The highest BCUT2D eigenvalue weighted by atomic mass is 16.6. The first-order valence-electron chi connectivity index (χ1n) is 15.2. The Balaban J connectivity index is 2.62. The summed E-state index contributed by atoms with van der Waals surface area (Å²) in [6.45, 7) is 19.6. The molecule has 0 heterocycles. The zero-order chi connectivity index (χ0) is 33.5. The van der Waals surface area contributed by atoms with E-state index in [1.165, 1.54) is 4.90 Å². The summed E-state index contributed by atoms with van der Waals surface area (Å²) in [5.74, 6) is -1.57. The van der Waals surface area contributed by atoms with Gasteiger partial charge in [-0.1, -0.05) is 55.5 Å². The quantitative estimate of drug-likeness (QED) is 0.304. The number of hydrogen-bond donors (Lipinski definition) is 2. The number of esters is 1. The normalized spacial score (nSPS) is 13.3. The summed E-state index contributed by atoms with van der Waals surface area (Å²) in [7, 11) is 0. The third kappa shape index (κ3) is 10.7. The predicted octanol–water partition coefficient (Wildman–Crippen LogP) is 5.96. The van der Waals surface area contributed by atoms with E-state index >= 15 is 0 Å². The largest absolute Gasteiger partial charge is 0.458 e. The van der Waals surface area contributed by atoms with Crippen LogP contribution < -0.4 is 10.6 Å². The number of alkyl carbamates (subject to hydrolysis) is 1. The van der Waals surface area contributed by atoms with Crippen molar-refractivity contribution < 1.29 is 28.7 Å². The van der Waals surface area contributed by atoms with Gasteiger partial charge >= 0.3 is 12.1 Å². The number of nitrogens with one attached hydrogen (secondary N) is 2. The second-order valence-corrected chi connectivity index (χ2v) is 13.8. The molecular formula is C35H51N3O6. The molecule has 44 heavy (non-hydrogen) atoms. The highest BCUT2D eigenvalue weighted by Crippen LogP contribution is 2.35. The van der Waals surface area contributed by atoms with Crippen LogP contribution in [0.4, 0.5) is 4.79 Å². The maximum absolute atomic E-state index is 14.5. The predicted molar refractivity (Wildman–Crippen MR) is 172 cm³/mol. The smallest absolute Gasteiger partial charge is 0.408 e. The van der Waals surface area contributed by atoms with Gasteiger partial charge in [0.05, 0.1) is 0 Å². The van der Waals surface area contributed by atoms with E-state index in [4.69, 9.17) is 9.47 Å². The van der Waals surface area contributed by atoms with Gasteiger partial charge in [0.15, 0.2) is 0 Å². The molecule has 3 amide bonds. The number of rotatable bonds is 11. The monoisotopic (exact) mass is 609 g/mol. The summed E-state index contributed by atoms with van der Waals surface area (Å²) in [5, 5.41) is 5.50. The highest BCUT2D eigenvalue weighted by Gasteiger charge is 2.42. The third-order valence-corrected chi connectivity index (χ3v) is 7.18. The Morgan fingerprint density at radius 3 is 1.84 bits per heavy atom. The Bertz CT molecular complexity index is 1290. The van der Waals surface area contributed by atoms with Crippen LogP contribution in [0.2, 0.25) is 0 Å². The lowest BCUT2D eigenvalue weighted by molar-refractivity contribution is -0.159. The molecule has 0 spiro atoms. The molecule has 2 unspecified atom stereocenters. The molecule has 0 radical (unpaired) electrons. The van der Waals surface area contributed by atoms with E-state index in [0.717, 1.165) is 16.7 Å². The Labute approximate surface area is 263 Å².